The summed E-state index contributed by atoms with van der Waals surface area (Å²) in [6, 6.07) is -4.82. The molecule has 0 bridgehead atoms. The molecule has 3 atom stereocenters. The van der Waals surface area contributed by atoms with Gasteiger partial charge in [-0.05, 0) is 24.7 Å². The molecule has 13 heteroatoms. The summed E-state index contributed by atoms with van der Waals surface area (Å²) in [5.74, 6) is -11.1. The van der Waals surface area contributed by atoms with E-state index in [4.69, 9.17) is 0 Å². The van der Waals surface area contributed by atoms with E-state index < -0.39 is 59.8 Å². The molecule has 1 unspecified atom stereocenters. The fourth-order valence-electron chi connectivity index (χ4n) is 3.38. The Bertz CT molecular complexity index is 755. The third-order valence-corrected chi connectivity index (χ3v) is 5.37. The summed E-state index contributed by atoms with van der Waals surface area (Å²) in [7, 11) is 2.95. The number of nitrogens with zero attached hydrogens (tertiary/aromatic N) is 2. The van der Waals surface area contributed by atoms with Gasteiger partial charge >= 0.3 is 18.1 Å². The molecule has 1 aliphatic heterocycles. The molecule has 0 aromatic rings. The number of amides is 4. The van der Waals surface area contributed by atoms with Crippen molar-refractivity contribution in [2.75, 3.05) is 20.6 Å². The van der Waals surface area contributed by atoms with Crippen LogP contribution in [0.15, 0.2) is 0 Å². The Balaban J connectivity index is 3.09. The third kappa shape index (κ3) is 6.53. The van der Waals surface area contributed by atoms with Crippen LogP contribution in [0.2, 0.25) is 0 Å². The van der Waals surface area contributed by atoms with Gasteiger partial charge in [-0.15, -0.1) is 0 Å². The number of alkyl halides is 5. The number of halogens is 5. The number of rotatable bonds is 8. The molecule has 1 heterocycles. The van der Waals surface area contributed by atoms with Gasteiger partial charge in [0.05, 0.1) is 6.04 Å². The van der Waals surface area contributed by atoms with Gasteiger partial charge in [0.25, 0.3) is 0 Å². The van der Waals surface area contributed by atoms with E-state index in [1.807, 2.05) is 5.32 Å². The SMILES string of the molecule is CC(C)C(NC(=O)[C@H]1CCCN1C(=O)[C@@H](NC(=O)N(C)C)C(C)C)C(=O)C(F)(F)C(F)(F)F. The average molecular weight is 486 g/mol. The summed E-state index contributed by atoms with van der Waals surface area (Å²) in [5, 5.41) is 4.54. The van der Waals surface area contributed by atoms with E-state index in [2.05, 4.69) is 5.32 Å². The Hall–Kier alpha value is -2.47. The largest absolute Gasteiger partial charge is 0.461 e. The molecule has 190 valence electrons. The normalized spacial score (nSPS) is 18.8. The maximum absolute atomic E-state index is 13.6. The molecule has 0 radical (unpaired) electrons. The van der Waals surface area contributed by atoms with Crippen molar-refractivity contribution < 1.29 is 41.1 Å². The van der Waals surface area contributed by atoms with Gasteiger partial charge in [-0.3, -0.25) is 14.4 Å². The van der Waals surface area contributed by atoms with Crippen molar-refractivity contribution in [2.24, 2.45) is 11.8 Å². The number of likely N-dealkylation sites (tertiary alicyclic amines) is 1. The van der Waals surface area contributed by atoms with Crippen LogP contribution in [0.4, 0.5) is 26.7 Å². The van der Waals surface area contributed by atoms with Gasteiger partial charge in [0, 0.05) is 20.6 Å². The number of ketones is 1. The zero-order valence-electron chi connectivity index (χ0n) is 19.4. The quantitative estimate of drug-likeness (QED) is 0.514. The molecule has 1 rings (SSSR count). The lowest BCUT2D eigenvalue weighted by molar-refractivity contribution is -0.270. The number of hydrogen-bond acceptors (Lipinski definition) is 4. The Morgan fingerprint density at radius 3 is 1.85 bits per heavy atom. The van der Waals surface area contributed by atoms with Crippen molar-refractivity contribution in [2.45, 2.75) is 70.8 Å². The first-order valence-corrected chi connectivity index (χ1v) is 10.5. The van der Waals surface area contributed by atoms with Crippen molar-refractivity contribution >= 4 is 23.6 Å². The third-order valence-electron chi connectivity index (χ3n) is 5.37. The van der Waals surface area contributed by atoms with Crippen molar-refractivity contribution in [3.8, 4) is 0 Å². The van der Waals surface area contributed by atoms with Crippen LogP contribution in [0.25, 0.3) is 0 Å². The second-order valence-corrected chi connectivity index (χ2v) is 8.92. The first-order valence-electron chi connectivity index (χ1n) is 10.5. The number of carbonyl (C=O) groups excluding carboxylic acids is 4. The van der Waals surface area contributed by atoms with Crippen LogP contribution in [0.5, 0.6) is 0 Å². The highest BCUT2D eigenvalue weighted by Gasteiger charge is 2.64. The monoisotopic (exact) mass is 486 g/mol. The van der Waals surface area contributed by atoms with Crippen LogP contribution < -0.4 is 10.6 Å². The molecular formula is C20H31F5N4O4. The minimum absolute atomic E-state index is 0.122. The lowest BCUT2D eigenvalue weighted by Gasteiger charge is -2.32. The van der Waals surface area contributed by atoms with E-state index in [1.54, 1.807) is 13.8 Å². The van der Waals surface area contributed by atoms with E-state index in [1.165, 1.54) is 32.8 Å². The predicted molar refractivity (Wildman–Crippen MR) is 108 cm³/mol. The Kier molecular flexibility index (Phi) is 9.21. The minimum Gasteiger partial charge on any atom is -0.344 e. The van der Waals surface area contributed by atoms with Crippen LogP contribution >= 0.6 is 0 Å². The second-order valence-electron chi connectivity index (χ2n) is 8.92. The summed E-state index contributed by atoms with van der Waals surface area (Å²) < 4.78 is 65.2. The first-order chi connectivity index (χ1) is 14.9. The van der Waals surface area contributed by atoms with Crippen LogP contribution in [0.1, 0.15) is 40.5 Å². The summed E-state index contributed by atoms with van der Waals surface area (Å²) in [6.07, 6.45) is -5.61. The molecule has 1 saturated heterocycles. The second kappa shape index (κ2) is 10.6. The highest BCUT2D eigenvalue weighted by Crippen LogP contribution is 2.37. The first kappa shape index (κ1) is 28.6. The topological polar surface area (TPSA) is 98.8 Å². The molecule has 8 nitrogen and oxygen atoms in total. The molecule has 33 heavy (non-hydrogen) atoms. The fraction of sp³-hybridized carbons (Fsp3) is 0.800. The smallest absolute Gasteiger partial charge is 0.344 e. The number of hydrogen-bond donors (Lipinski definition) is 2. The zero-order chi connectivity index (χ0) is 25.9. The standard InChI is InChI=1S/C20H31F5N4O4/c1-10(2)13(15(30)19(21,22)20(23,24)25)26-16(31)12-8-7-9-29(12)17(32)14(11(3)4)27-18(33)28(5)6/h10-14H,7-9H2,1-6H3,(H,26,31)(H,27,33)/t12-,13?,14+/m1/s1. The van der Waals surface area contributed by atoms with Crippen LogP contribution in [0, 0.1) is 11.8 Å². The summed E-state index contributed by atoms with van der Waals surface area (Å²) in [5.41, 5.74) is 0. The highest BCUT2D eigenvalue weighted by atomic mass is 19.4. The number of carbonyl (C=O) groups is 4. The van der Waals surface area contributed by atoms with E-state index in [0.29, 0.717) is 6.42 Å². The van der Waals surface area contributed by atoms with E-state index >= 15 is 0 Å². The molecule has 4 amide bonds. The molecule has 0 aliphatic carbocycles. The number of nitrogens with one attached hydrogen (secondary N) is 2. The lowest BCUT2D eigenvalue weighted by Crippen LogP contribution is -2.60. The van der Waals surface area contributed by atoms with Crippen molar-refractivity contribution in [3.63, 3.8) is 0 Å². The number of urea groups is 1. The average Bonchev–Trinajstić information content (AvgIpc) is 3.17. The maximum Gasteiger partial charge on any atom is 0.461 e. The molecular weight excluding hydrogens is 455 g/mol. The zero-order valence-corrected chi connectivity index (χ0v) is 19.4. The Labute approximate surface area is 189 Å². The highest BCUT2D eigenvalue weighted by molar-refractivity contribution is 5.97. The van der Waals surface area contributed by atoms with Gasteiger partial charge in [-0.1, -0.05) is 27.7 Å². The van der Waals surface area contributed by atoms with Crippen molar-refractivity contribution in [1.82, 2.24) is 20.4 Å². The molecule has 1 aliphatic rings. The van der Waals surface area contributed by atoms with Gasteiger partial charge in [-0.25, -0.2) is 4.79 Å². The van der Waals surface area contributed by atoms with Gasteiger partial charge in [-0.2, -0.15) is 22.0 Å². The Morgan fingerprint density at radius 2 is 1.42 bits per heavy atom. The summed E-state index contributed by atoms with van der Waals surface area (Å²) in [6.45, 7) is 5.92. The van der Waals surface area contributed by atoms with E-state index in [0.717, 1.165) is 4.90 Å². The molecule has 0 aromatic heterocycles. The van der Waals surface area contributed by atoms with Crippen molar-refractivity contribution in [1.29, 1.82) is 0 Å². The van der Waals surface area contributed by atoms with Gasteiger partial charge < -0.3 is 20.4 Å². The molecule has 0 aromatic carbocycles. The number of Topliss-reactive ketones (excluding diaryl/α,β-unsaturated/α-hetero) is 1. The molecule has 0 spiro atoms. The fourth-order valence-corrected chi connectivity index (χ4v) is 3.38. The summed E-state index contributed by atoms with van der Waals surface area (Å²) in [4.78, 5) is 52.3. The van der Waals surface area contributed by atoms with Gasteiger partial charge in [0.1, 0.15) is 12.1 Å². The molecule has 1 fully saturated rings. The van der Waals surface area contributed by atoms with Gasteiger partial charge in [0.2, 0.25) is 17.6 Å². The van der Waals surface area contributed by atoms with Crippen molar-refractivity contribution in [3.05, 3.63) is 0 Å². The maximum atomic E-state index is 13.6. The summed E-state index contributed by atoms with van der Waals surface area (Å²) >= 11 is 0. The minimum atomic E-state index is -6.10. The predicted octanol–water partition coefficient (Wildman–Crippen LogP) is 2.18. The molecule has 0 saturated carbocycles. The van der Waals surface area contributed by atoms with Crippen LogP contribution in [-0.4, -0.2) is 84.3 Å². The van der Waals surface area contributed by atoms with Gasteiger partial charge in [0.15, 0.2) is 0 Å². The van der Waals surface area contributed by atoms with E-state index in [9.17, 15) is 41.1 Å². The van der Waals surface area contributed by atoms with Crippen LogP contribution in [-0.2, 0) is 14.4 Å². The molecule has 2 N–H and O–H groups in total. The lowest BCUT2D eigenvalue weighted by atomic mass is 9.95. The van der Waals surface area contributed by atoms with E-state index in [-0.39, 0.29) is 18.9 Å². The Morgan fingerprint density at radius 1 is 0.909 bits per heavy atom. The van der Waals surface area contributed by atoms with Crippen LogP contribution in [0.3, 0.4) is 0 Å².